The fourth-order valence-corrected chi connectivity index (χ4v) is 2.17. The first-order valence-electron chi connectivity index (χ1n) is 8.66. The highest BCUT2D eigenvalue weighted by atomic mass is 16.7. The molecule has 2 rings (SSSR count). The second-order valence-corrected chi connectivity index (χ2v) is 5.87. The zero-order valence-corrected chi connectivity index (χ0v) is 15.4. The standard InChI is InChI=1S/C21H22N2O4/c1-16(18-10-5-3-6-11-18)22-26-20(24)14-9-15-21(25)27-23-17(2)19-12-7-4-8-13-19/h3-8,10-13H,9,14-15H2,1-2H3/b22-16-,23-17+. The van der Waals surface area contributed by atoms with Gasteiger partial charge in [0.05, 0.1) is 11.4 Å². The third-order valence-electron chi connectivity index (χ3n) is 3.71. The molecule has 140 valence electrons. The first kappa shape index (κ1) is 20.0. The number of carbonyl (C=O) groups excluding carboxylic acids is 2. The summed E-state index contributed by atoms with van der Waals surface area (Å²) in [5.41, 5.74) is 2.96. The molecular formula is C21H22N2O4. The number of hydrogen-bond donors (Lipinski definition) is 0. The lowest BCUT2D eigenvalue weighted by atomic mass is 10.1. The van der Waals surface area contributed by atoms with Crippen molar-refractivity contribution in [3.63, 3.8) is 0 Å². The molecule has 0 aromatic heterocycles. The maximum atomic E-state index is 11.7. The Morgan fingerprint density at radius 3 is 1.44 bits per heavy atom. The summed E-state index contributed by atoms with van der Waals surface area (Å²) in [4.78, 5) is 33.1. The minimum atomic E-state index is -0.498. The van der Waals surface area contributed by atoms with Crippen molar-refractivity contribution in [1.29, 1.82) is 0 Å². The Balaban J connectivity index is 1.69. The monoisotopic (exact) mass is 366 g/mol. The van der Waals surface area contributed by atoms with Crippen molar-refractivity contribution in [1.82, 2.24) is 0 Å². The summed E-state index contributed by atoms with van der Waals surface area (Å²) < 4.78 is 0. The summed E-state index contributed by atoms with van der Waals surface area (Å²) in [7, 11) is 0. The fourth-order valence-electron chi connectivity index (χ4n) is 2.17. The predicted octanol–water partition coefficient (Wildman–Crippen LogP) is 4.09. The van der Waals surface area contributed by atoms with Crippen LogP contribution in [-0.4, -0.2) is 23.4 Å². The lowest BCUT2D eigenvalue weighted by molar-refractivity contribution is -0.145. The van der Waals surface area contributed by atoms with Crippen LogP contribution in [0.15, 0.2) is 71.0 Å². The minimum absolute atomic E-state index is 0.0715. The van der Waals surface area contributed by atoms with E-state index in [1.807, 2.05) is 60.7 Å². The minimum Gasteiger partial charge on any atom is -0.318 e. The van der Waals surface area contributed by atoms with E-state index in [4.69, 9.17) is 9.68 Å². The Bertz CT molecular complexity index is 745. The first-order chi connectivity index (χ1) is 13.1. The van der Waals surface area contributed by atoms with E-state index in [1.54, 1.807) is 13.8 Å². The molecule has 0 heterocycles. The van der Waals surface area contributed by atoms with E-state index >= 15 is 0 Å². The van der Waals surface area contributed by atoms with Gasteiger partial charge in [-0.15, -0.1) is 0 Å². The van der Waals surface area contributed by atoms with Gasteiger partial charge < -0.3 is 9.68 Å². The highest BCUT2D eigenvalue weighted by Crippen LogP contribution is 2.05. The van der Waals surface area contributed by atoms with Crippen LogP contribution in [0.1, 0.15) is 44.2 Å². The van der Waals surface area contributed by atoms with Crippen LogP contribution in [0.25, 0.3) is 0 Å². The van der Waals surface area contributed by atoms with Gasteiger partial charge in [0.25, 0.3) is 0 Å². The molecule has 0 aliphatic heterocycles. The molecule has 0 unspecified atom stereocenters. The largest absolute Gasteiger partial charge is 0.335 e. The second kappa shape index (κ2) is 10.7. The second-order valence-electron chi connectivity index (χ2n) is 5.87. The summed E-state index contributed by atoms with van der Waals surface area (Å²) in [5, 5.41) is 7.63. The molecule has 0 N–H and O–H groups in total. The molecule has 2 aromatic carbocycles. The van der Waals surface area contributed by atoms with E-state index in [1.165, 1.54) is 0 Å². The number of nitrogens with zero attached hydrogens (tertiary/aromatic N) is 2. The molecule has 0 radical (unpaired) electrons. The molecule has 0 fully saturated rings. The van der Waals surface area contributed by atoms with Crippen molar-refractivity contribution in [3.05, 3.63) is 71.8 Å². The van der Waals surface area contributed by atoms with E-state index in [0.29, 0.717) is 17.8 Å². The van der Waals surface area contributed by atoms with Gasteiger partial charge in [0, 0.05) is 12.8 Å². The summed E-state index contributed by atoms with van der Waals surface area (Å²) in [6, 6.07) is 18.8. The van der Waals surface area contributed by atoms with Gasteiger partial charge in [-0.25, -0.2) is 9.59 Å². The Labute approximate surface area is 158 Å². The predicted molar refractivity (Wildman–Crippen MR) is 103 cm³/mol. The number of rotatable bonds is 8. The molecule has 0 amide bonds. The van der Waals surface area contributed by atoms with Gasteiger partial charge >= 0.3 is 11.9 Å². The van der Waals surface area contributed by atoms with Gasteiger partial charge in [-0.05, 0) is 31.4 Å². The van der Waals surface area contributed by atoms with Crippen LogP contribution in [0.5, 0.6) is 0 Å². The topological polar surface area (TPSA) is 77.3 Å². The average molecular weight is 366 g/mol. The van der Waals surface area contributed by atoms with Crippen molar-refractivity contribution < 1.29 is 19.3 Å². The summed E-state index contributed by atoms with van der Waals surface area (Å²) in [5.74, 6) is -0.996. The van der Waals surface area contributed by atoms with Gasteiger partial charge in [0.1, 0.15) is 0 Å². The molecule has 6 nitrogen and oxygen atoms in total. The molecule has 27 heavy (non-hydrogen) atoms. The summed E-state index contributed by atoms with van der Waals surface area (Å²) in [6.07, 6.45) is 0.446. The van der Waals surface area contributed by atoms with Gasteiger partial charge in [-0.2, -0.15) is 0 Å². The van der Waals surface area contributed by atoms with Crippen LogP contribution in [-0.2, 0) is 19.3 Å². The van der Waals surface area contributed by atoms with Crippen LogP contribution in [0.3, 0.4) is 0 Å². The number of oxime groups is 2. The zero-order chi connectivity index (χ0) is 19.5. The number of carbonyl (C=O) groups is 2. The Morgan fingerprint density at radius 1 is 0.704 bits per heavy atom. The van der Waals surface area contributed by atoms with E-state index in [-0.39, 0.29) is 12.8 Å². The van der Waals surface area contributed by atoms with Crippen molar-refractivity contribution in [3.8, 4) is 0 Å². The molecule has 0 aliphatic carbocycles. The van der Waals surface area contributed by atoms with Gasteiger partial charge in [-0.3, -0.25) is 0 Å². The van der Waals surface area contributed by atoms with Crippen molar-refractivity contribution in [2.24, 2.45) is 10.3 Å². The van der Waals surface area contributed by atoms with E-state index < -0.39 is 11.9 Å². The maximum Gasteiger partial charge on any atom is 0.335 e. The van der Waals surface area contributed by atoms with Crippen molar-refractivity contribution in [2.75, 3.05) is 0 Å². The van der Waals surface area contributed by atoms with Gasteiger partial charge in [-0.1, -0.05) is 71.0 Å². The molecule has 0 aliphatic rings. The van der Waals surface area contributed by atoms with Crippen LogP contribution >= 0.6 is 0 Å². The SMILES string of the molecule is C/C(=N/OC(=O)CCCC(=O)O/N=C(\C)c1ccccc1)c1ccccc1. The van der Waals surface area contributed by atoms with E-state index in [9.17, 15) is 9.59 Å². The Morgan fingerprint density at radius 2 is 1.07 bits per heavy atom. The molecular weight excluding hydrogens is 344 g/mol. The molecule has 0 bridgehead atoms. The van der Waals surface area contributed by atoms with Crippen LogP contribution in [0.4, 0.5) is 0 Å². The third kappa shape index (κ3) is 7.23. The van der Waals surface area contributed by atoms with E-state index in [2.05, 4.69) is 10.3 Å². The van der Waals surface area contributed by atoms with Gasteiger partial charge in [0.15, 0.2) is 0 Å². The fraction of sp³-hybridized carbons (Fsp3) is 0.238. The molecule has 6 heteroatoms. The molecule has 2 aromatic rings. The van der Waals surface area contributed by atoms with Crippen LogP contribution < -0.4 is 0 Å². The Hall–Kier alpha value is -3.28. The lowest BCUT2D eigenvalue weighted by Crippen LogP contribution is -2.06. The number of hydrogen-bond acceptors (Lipinski definition) is 6. The highest BCUT2D eigenvalue weighted by Gasteiger charge is 2.08. The highest BCUT2D eigenvalue weighted by molar-refractivity contribution is 5.99. The zero-order valence-electron chi connectivity index (χ0n) is 15.4. The molecule has 0 atom stereocenters. The normalized spacial score (nSPS) is 11.8. The van der Waals surface area contributed by atoms with Crippen molar-refractivity contribution in [2.45, 2.75) is 33.1 Å². The molecule has 0 saturated heterocycles. The molecule has 0 saturated carbocycles. The lowest BCUT2D eigenvalue weighted by Gasteiger charge is -2.02. The molecule has 0 spiro atoms. The summed E-state index contributed by atoms with van der Waals surface area (Å²) >= 11 is 0. The summed E-state index contributed by atoms with van der Waals surface area (Å²) in [6.45, 7) is 3.51. The van der Waals surface area contributed by atoms with Gasteiger partial charge in [0.2, 0.25) is 0 Å². The maximum absolute atomic E-state index is 11.7. The van der Waals surface area contributed by atoms with Crippen molar-refractivity contribution >= 4 is 23.4 Å². The first-order valence-corrected chi connectivity index (χ1v) is 8.66. The average Bonchev–Trinajstić information content (AvgIpc) is 2.71. The van der Waals surface area contributed by atoms with E-state index in [0.717, 1.165) is 11.1 Å². The quantitative estimate of drug-likeness (QED) is 0.400. The van der Waals surface area contributed by atoms with Crippen LogP contribution in [0, 0.1) is 0 Å². The van der Waals surface area contributed by atoms with Crippen LogP contribution in [0.2, 0.25) is 0 Å². The Kier molecular flexibility index (Phi) is 7.91. The third-order valence-corrected chi connectivity index (χ3v) is 3.71. The number of benzene rings is 2. The smallest absolute Gasteiger partial charge is 0.318 e.